The highest BCUT2D eigenvalue weighted by molar-refractivity contribution is 7.80. The minimum Gasteiger partial charge on any atom is -0.466 e. The number of esters is 1. The Labute approximate surface area is 199 Å². The number of para-hydroxylation sites is 1. The van der Waals surface area contributed by atoms with E-state index in [2.05, 4.69) is 16.0 Å². The molecule has 0 aliphatic rings. The van der Waals surface area contributed by atoms with Crippen molar-refractivity contribution >= 4 is 40.8 Å². The molecular formula is C24H29N3O5S. The van der Waals surface area contributed by atoms with Crippen LogP contribution in [0.15, 0.2) is 54.6 Å². The van der Waals surface area contributed by atoms with Gasteiger partial charge in [0.05, 0.1) is 30.9 Å². The third-order valence-corrected chi connectivity index (χ3v) is 4.74. The third kappa shape index (κ3) is 10.2. The average molecular weight is 472 g/mol. The van der Waals surface area contributed by atoms with Crippen molar-refractivity contribution < 1.29 is 23.9 Å². The maximum atomic E-state index is 12.3. The lowest BCUT2D eigenvalue weighted by atomic mass is 10.1. The van der Waals surface area contributed by atoms with Crippen molar-refractivity contribution in [3.63, 3.8) is 0 Å². The van der Waals surface area contributed by atoms with Crippen LogP contribution in [-0.2, 0) is 25.5 Å². The summed E-state index contributed by atoms with van der Waals surface area (Å²) in [5.74, 6) is -1.15. The quantitative estimate of drug-likeness (QED) is 0.248. The van der Waals surface area contributed by atoms with Gasteiger partial charge in [-0.3, -0.25) is 14.4 Å². The van der Waals surface area contributed by atoms with E-state index in [0.717, 1.165) is 6.42 Å². The Morgan fingerprint density at radius 3 is 2.42 bits per heavy atom. The zero-order chi connectivity index (χ0) is 23.9. The lowest BCUT2D eigenvalue weighted by molar-refractivity contribution is -0.145. The van der Waals surface area contributed by atoms with Gasteiger partial charge in [-0.25, -0.2) is 0 Å². The van der Waals surface area contributed by atoms with Gasteiger partial charge in [0.1, 0.15) is 0 Å². The first-order valence-electron chi connectivity index (χ1n) is 10.7. The van der Waals surface area contributed by atoms with Gasteiger partial charge in [-0.1, -0.05) is 42.5 Å². The van der Waals surface area contributed by atoms with Crippen LogP contribution < -0.4 is 16.0 Å². The highest BCUT2D eigenvalue weighted by Crippen LogP contribution is 2.14. The van der Waals surface area contributed by atoms with Gasteiger partial charge in [0.2, 0.25) is 5.91 Å². The van der Waals surface area contributed by atoms with Gasteiger partial charge in [-0.15, -0.1) is 0 Å². The minimum atomic E-state index is -0.435. The number of carbonyl (C=O) groups is 3. The van der Waals surface area contributed by atoms with Gasteiger partial charge in [-0.05, 0) is 42.8 Å². The molecule has 0 unspecified atom stereocenters. The molecule has 3 N–H and O–H groups in total. The van der Waals surface area contributed by atoms with E-state index in [1.165, 1.54) is 5.56 Å². The number of benzene rings is 2. The summed E-state index contributed by atoms with van der Waals surface area (Å²) in [6.45, 7) is 1.07. The Balaban J connectivity index is 1.69. The fourth-order valence-corrected chi connectivity index (χ4v) is 3.11. The number of aryl methyl sites for hydroxylation is 1. The van der Waals surface area contributed by atoms with E-state index in [-0.39, 0.29) is 23.9 Å². The van der Waals surface area contributed by atoms with Crippen LogP contribution in [0.3, 0.4) is 0 Å². The second-order valence-electron chi connectivity index (χ2n) is 7.11. The Kier molecular flexibility index (Phi) is 11.6. The smallest absolute Gasteiger partial charge is 0.306 e. The molecule has 0 aromatic heterocycles. The van der Waals surface area contributed by atoms with Crippen LogP contribution in [0.5, 0.6) is 0 Å². The first-order valence-corrected chi connectivity index (χ1v) is 11.1. The van der Waals surface area contributed by atoms with E-state index in [1.54, 1.807) is 31.4 Å². The second-order valence-corrected chi connectivity index (χ2v) is 7.51. The van der Waals surface area contributed by atoms with E-state index in [9.17, 15) is 14.4 Å². The molecule has 176 valence electrons. The first-order chi connectivity index (χ1) is 16.0. The van der Waals surface area contributed by atoms with Crippen LogP contribution in [0, 0.1) is 0 Å². The van der Waals surface area contributed by atoms with Crippen LogP contribution in [0.2, 0.25) is 0 Å². The van der Waals surface area contributed by atoms with E-state index in [0.29, 0.717) is 37.4 Å². The minimum absolute atomic E-state index is 0.0355. The molecule has 2 aromatic rings. The van der Waals surface area contributed by atoms with Gasteiger partial charge in [0.15, 0.2) is 5.11 Å². The topological polar surface area (TPSA) is 106 Å². The maximum Gasteiger partial charge on any atom is 0.306 e. The Morgan fingerprint density at radius 2 is 1.67 bits per heavy atom. The summed E-state index contributed by atoms with van der Waals surface area (Å²) in [7, 11) is 1.55. The molecule has 0 aliphatic heterocycles. The molecule has 0 aliphatic carbocycles. The molecule has 0 radical (unpaired) electrons. The third-order valence-electron chi connectivity index (χ3n) is 4.54. The van der Waals surface area contributed by atoms with Gasteiger partial charge in [-0.2, -0.15) is 0 Å². The highest BCUT2D eigenvalue weighted by Gasteiger charge is 2.13. The Morgan fingerprint density at radius 1 is 0.939 bits per heavy atom. The van der Waals surface area contributed by atoms with Crippen LogP contribution in [0.1, 0.15) is 35.2 Å². The van der Waals surface area contributed by atoms with Crippen molar-refractivity contribution in [1.82, 2.24) is 10.6 Å². The van der Waals surface area contributed by atoms with Gasteiger partial charge in [0, 0.05) is 20.1 Å². The van der Waals surface area contributed by atoms with Crippen LogP contribution in [0.4, 0.5) is 5.69 Å². The van der Waals surface area contributed by atoms with Crippen molar-refractivity contribution in [2.45, 2.75) is 25.7 Å². The number of rotatable bonds is 12. The Hall–Kier alpha value is -3.30. The standard InChI is InChI=1S/C24H29N3O5S/c1-31-17-15-25-23(30)19-11-5-6-12-20(19)26-24(33)27-21(28)13-14-22(29)32-16-7-10-18-8-3-2-4-9-18/h2-6,8-9,11-12H,7,10,13-17H2,1H3,(H,25,30)(H2,26,27,28,33). The number of carbonyl (C=O) groups excluding carboxylic acids is 3. The number of methoxy groups -OCH3 is 1. The van der Waals surface area contributed by atoms with E-state index in [4.69, 9.17) is 21.7 Å². The number of nitrogens with one attached hydrogen (secondary N) is 3. The molecule has 8 nitrogen and oxygen atoms in total. The van der Waals surface area contributed by atoms with Crippen molar-refractivity contribution in [2.24, 2.45) is 0 Å². The van der Waals surface area contributed by atoms with Crippen LogP contribution >= 0.6 is 12.2 Å². The second kappa shape index (κ2) is 14.7. The predicted octanol–water partition coefficient (Wildman–Crippen LogP) is 2.83. The number of hydrogen-bond donors (Lipinski definition) is 3. The molecule has 0 fully saturated rings. The number of amides is 2. The molecular weight excluding hydrogens is 442 g/mol. The molecule has 0 atom stereocenters. The normalized spacial score (nSPS) is 10.2. The number of anilines is 1. The number of hydrogen-bond acceptors (Lipinski definition) is 6. The number of ether oxygens (including phenoxy) is 2. The molecule has 0 spiro atoms. The summed E-state index contributed by atoms with van der Waals surface area (Å²) in [4.78, 5) is 36.3. The summed E-state index contributed by atoms with van der Waals surface area (Å²) in [6, 6.07) is 16.7. The lowest BCUT2D eigenvalue weighted by Gasteiger charge is -2.13. The molecule has 2 rings (SSSR count). The Bertz CT molecular complexity index is 937. The number of thiocarbonyl (C=S) groups is 1. The van der Waals surface area contributed by atoms with Crippen molar-refractivity contribution in [2.75, 3.05) is 32.2 Å². The zero-order valence-electron chi connectivity index (χ0n) is 18.6. The van der Waals surface area contributed by atoms with Crippen LogP contribution in [0.25, 0.3) is 0 Å². The van der Waals surface area contributed by atoms with E-state index in [1.807, 2.05) is 30.3 Å². The molecule has 2 aromatic carbocycles. The molecule has 0 saturated heterocycles. The molecule has 33 heavy (non-hydrogen) atoms. The van der Waals surface area contributed by atoms with E-state index >= 15 is 0 Å². The summed E-state index contributed by atoms with van der Waals surface area (Å²) in [5.41, 5.74) is 2.02. The van der Waals surface area contributed by atoms with Crippen LogP contribution in [-0.4, -0.2) is 49.8 Å². The SMILES string of the molecule is COCCNC(=O)c1ccccc1NC(=S)NC(=O)CCC(=O)OCCCc1ccccc1. The first kappa shape index (κ1) is 26.0. The molecule has 9 heteroatoms. The van der Waals surface area contributed by atoms with Gasteiger partial charge < -0.3 is 25.4 Å². The molecule has 2 amide bonds. The molecule has 0 heterocycles. The van der Waals surface area contributed by atoms with Gasteiger partial charge in [0.25, 0.3) is 5.91 Å². The summed E-state index contributed by atoms with van der Waals surface area (Å²) < 4.78 is 10.1. The average Bonchev–Trinajstić information content (AvgIpc) is 2.81. The van der Waals surface area contributed by atoms with Crippen molar-refractivity contribution in [3.8, 4) is 0 Å². The fraction of sp³-hybridized carbons (Fsp3) is 0.333. The highest BCUT2D eigenvalue weighted by atomic mass is 32.1. The van der Waals surface area contributed by atoms with E-state index < -0.39 is 11.9 Å². The van der Waals surface area contributed by atoms with Gasteiger partial charge >= 0.3 is 5.97 Å². The monoisotopic (exact) mass is 471 g/mol. The predicted molar refractivity (Wildman–Crippen MR) is 130 cm³/mol. The lowest BCUT2D eigenvalue weighted by Crippen LogP contribution is -2.35. The summed E-state index contributed by atoms with van der Waals surface area (Å²) in [6.07, 6.45) is 1.44. The zero-order valence-corrected chi connectivity index (χ0v) is 19.4. The molecule has 0 bridgehead atoms. The maximum absolute atomic E-state index is 12.3. The van der Waals surface area contributed by atoms with Crippen molar-refractivity contribution in [3.05, 3.63) is 65.7 Å². The van der Waals surface area contributed by atoms with Crippen molar-refractivity contribution in [1.29, 1.82) is 0 Å². The summed E-state index contributed by atoms with van der Waals surface area (Å²) in [5, 5.41) is 8.13. The fourth-order valence-electron chi connectivity index (χ4n) is 2.89. The largest absolute Gasteiger partial charge is 0.466 e. The summed E-state index contributed by atoms with van der Waals surface area (Å²) >= 11 is 5.17. The molecule has 0 saturated carbocycles.